The molecule has 0 aliphatic heterocycles. The van der Waals surface area contributed by atoms with E-state index in [-0.39, 0.29) is 5.88 Å². The van der Waals surface area contributed by atoms with Crippen molar-refractivity contribution in [1.29, 1.82) is 0 Å². The first-order valence-electron chi connectivity index (χ1n) is 5.84. The summed E-state index contributed by atoms with van der Waals surface area (Å²) < 4.78 is 5.33. The molecule has 0 unspecified atom stereocenters. The predicted octanol–water partition coefficient (Wildman–Crippen LogP) is 3.06. The van der Waals surface area contributed by atoms with Crippen molar-refractivity contribution in [2.24, 2.45) is 0 Å². The van der Waals surface area contributed by atoms with Gasteiger partial charge in [0.15, 0.2) is 0 Å². The van der Waals surface area contributed by atoms with Crippen molar-refractivity contribution in [2.75, 3.05) is 7.11 Å². The largest absolute Gasteiger partial charge is 0.496 e. The number of ether oxygens (including phenoxy) is 1. The molecule has 1 N–H and O–H groups in total. The molecule has 0 spiro atoms. The number of halogens is 1. The predicted molar refractivity (Wildman–Crippen MR) is 76.0 cm³/mol. The number of aromatic hydroxyl groups is 1. The zero-order valence-electron chi connectivity index (χ0n) is 10.5. The molecule has 6 heteroatoms. The first-order chi connectivity index (χ1) is 9.70. The SMILES string of the molecule is COc1cc(Cl)ccc1-c1nnc(O)c2cnccc12. The van der Waals surface area contributed by atoms with Gasteiger partial charge in [-0.25, -0.2) is 0 Å². The minimum absolute atomic E-state index is 0.148. The summed E-state index contributed by atoms with van der Waals surface area (Å²) in [6.45, 7) is 0. The highest BCUT2D eigenvalue weighted by atomic mass is 35.5. The highest BCUT2D eigenvalue weighted by Crippen LogP contribution is 2.36. The van der Waals surface area contributed by atoms with Crippen molar-refractivity contribution in [3.8, 4) is 22.9 Å². The van der Waals surface area contributed by atoms with Crippen LogP contribution >= 0.6 is 11.6 Å². The van der Waals surface area contributed by atoms with Crippen molar-refractivity contribution in [3.63, 3.8) is 0 Å². The number of methoxy groups -OCH3 is 1. The molecule has 2 aromatic heterocycles. The van der Waals surface area contributed by atoms with Crippen LogP contribution in [-0.2, 0) is 0 Å². The van der Waals surface area contributed by atoms with Gasteiger partial charge in [-0.15, -0.1) is 10.2 Å². The zero-order valence-corrected chi connectivity index (χ0v) is 11.3. The quantitative estimate of drug-likeness (QED) is 0.784. The Morgan fingerprint density at radius 3 is 2.80 bits per heavy atom. The van der Waals surface area contributed by atoms with E-state index >= 15 is 0 Å². The molecule has 0 fully saturated rings. The molecular formula is C14H10ClN3O2. The molecule has 0 amide bonds. The van der Waals surface area contributed by atoms with Gasteiger partial charge in [0, 0.05) is 28.4 Å². The minimum atomic E-state index is -0.148. The Balaban J connectivity index is 2.33. The minimum Gasteiger partial charge on any atom is -0.496 e. The van der Waals surface area contributed by atoms with Gasteiger partial charge in [0.2, 0.25) is 5.88 Å². The molecule has 0 aliphatic rings. The number of hydrogen-bond donors (Lipinski definition) is 1. The third kappa shape index (κ3) is 2.02. The molecule has 0 atom stereocenters. The Bertz CT molecular complexity index is 792. The molecule has 1 aromatic carbocycles. The van der Waals surface area contributed by atoms with Crippen LogP contribution in [0.4, 0.5) is 0 Å². The summed E-state index contributed by atoms with van der Waals surface area (Å²) in [5.41, 5.74) is 1.36. The summed E-state index contributed by atoms with van der Waals surface area (Å²) >= 11 is 5.96. The third-order valence-electron chi connectivity index (χ3n) is 2.98. The second-order valence-corrected chi connectivity index (χ2v) is 4.57. The molecule has 20 heavy (non-hydrogen) atoms. The van der Waals surface area contributed by atoms with Gasteiger partial charge in [-0.1, -0.05) is 11.6 Å². The third-order valence-corrected chi connectivity index (χ3v) is 3.22. The maximum atomic E-state index is 9.75. The monoisotopic (exact) mass is 287 g/mol. The molecule has 0 aliphatic carbocycles. The number of nitrogens with zero attached hydrogens (tertiary/aromatic N) is 3. The van der Waals surface area contributed by atoms with Crippen LogP contribution in [-0.4, -0.2) is 27.4 Å². The maximum Gasteiger partial charge on any atom is 0.240 e. The number of benzene rings is 1. The van der Waals surface area contributed by atoms with Crippen molar-refractivity contribution < 1.29 is 9.84 Å². The van der Waals surface area contributed by atoms with Crippen LogP contribution in [0.5, 0.6) is 11.6 Å². The van der Waals surface area contributed by atoms with E-state index < -0.39 is 0 Å². The van der Waals surface area contributed by atoms with Crippen LogP contribution in [0.3, 0.4) is 0 Å². The number of rotatable bonds is 2. The van der Waals surface area contributed by atoms with Crippen LogP contribution in [0.15, 0.2) is 36.7 Å². The molecule has 3 aromatic rings. The molecule has 5 nitrogen and oxygen atoms in total. The molecular weight excluding hydrogens is 278 g/mol. The van der Waals surface area contributed by atoms with E-state index in [9.17, 15) is 5.11 Å². The highest BCUT2D eigenvalue weighted by Gasteiger charge is 2.14. The van der Waals surface area contributed by atoms with Gasteiger partial charge in [-0.2, -0.15) is 0 Å². The number of pyridine rings is 1. The smallest absolute Gasteiger partial charge is 0.240 e. The van der Waals surface area contributed by atoms with E-state index in [1.54, 1.807) is 37.7 Å². The summed E-state index contributed by atoms with van der Waals surface area (Å²) in [7, 11) is 1.56. The lowest BCUT2D eigenvalue weighted by Gasteiger charge is -2.10. The first kappa shape index (κ1) is 12.6. The lowest BCUT2D eigenvalue weighted by atomic mass is 10.1. The van der Waals surface area contributed by atoms with Crippen LogP contribution in [0, 0.1) is 0 Å². The Hall–Kier alpha value is -2.40. The standard InChI is InChI=1S/C14H10ClN3O2/c1-20-12-6-8(15)2-3-10(12)13-9-4-5-16-7-11(9)14(19)18-17-13/h2-7H,1H3,(H,18,19). The van der Waals surface area contributed by atoms with Gasteiger partial charge in [-0.05, 0) is 24.3 Å². The van der Waals surface area contributed by atoms with Gasteiger partial charge in [0.1, 0.15) is 11.4 Å². The lowest BCUT2D eigenvalue weighted by molar-refractivity contribution is 0.416. The van der Waals surface area contributed by atoms with Gasteiger partial charge in [0.05, 0.1) is 12.5 Å². The summed E-state index contributed by atoms with van der Waals surface area (Å²) in [6, 6.07) is 7.04. The van der Waals surface area contributed by atoms with Crippen LogP contribution in [0.1, 0.15) is 0 Å². The first-order valence-corrected chi connectivity index (χ1v) is 6.22. The van der Waals surface area contributed by atoms with E-state index in [4.69, 9.17) is 16.3 Å². The van der Waals surface area contributed by atoms with E-state index in [1.165, 1.54) is 0 Å². The molecule has 3 rings (SSSR count). The Labute approximate surface area is 119 Å². The second kappa shape index (κ2) is 4.94. The maximum absolute atomic E-state index is 9.75. The van der Waals surface area contributed by atoms with Crippen LogP contribution < -0.4 is 4.74 Å². The molecule has 0 radical (unpaired) electrons. The lowest BCUT2D eigenvalue weighted by Crippen LogP contribution is -1.94. The number of hydrogen-bond acceptors (Lipinski definition) is 5. The molecule has 100 valence electrons. The molecule has 0 saturated heterocycles. The van der Waals surface area contributed by atoms with E-state index in [0.29, 0.717) is 21.9 Å². The average Bonchev–Trinajstić information content (AvgIpc) is 2.48. The topological polar surface area (TPSA) is 68.1 Å². The highest BCUT2D eigenvalue weighted by molar-refractivity contribution is 6.30. The molecule has 0 saturated carbocycles. The van der Waals surface area contributed by atoms with Crippen molar-refractivity contribution in [3.05, 3.63) is 41.7 Å². The average molecular weight is 288 g/mol. The fourth-order valence-corrected chi connectivity index (χ4v) is 2.21. The normalized spacial score (nSPS) is 10.7. The van der Waals surface area contributed by atoms with E-state index in [0.717, 1.165) is 10.9 Å². The van der Waals surface area contributed by atoms with Crippen molar-refractivity contribution in [1.82, 2.24) is 15.2 Å². The fraction of sp³-hybridized carbons (Fsp3) is 0.0714. The van der Waals surface area contributed by atoms with E-state index in [2.05, 4.69) is 15.2 Å². The summed E-state index contributed by atoms with van der Waals surface area (Å²) in [4.78, 5) is 3.99. The van der Waals surface area contributed by atoms with E-state index in [1.807, 2.05) is 6.07 Å². The van der Waals surface area contributed by atoms with Crippen molar-refractivity contribution in [2.45, 2.75) is 0 Å². The van der Waals surface area contributed by atoms with Gasteiger partial charge >= 0.3 is 0 Å². The van der Waals surface area contributed by atoms with Crippen LogP contribution in [0.2, 0.25) is 5.02 Å². The Morgan fingerprint density at radius 2 is 2.00 bits per heavy atom. The van der Waals surface area contributed by atoms with Gasteiger partial charge in [0.25, 0.3) is 0 Å². The molecule has 2 heterocycles. The number of fused-ring (bicyclic) bond motifs is 1. The van der Waals surface area contributed by atoms with Gasteiger partial charge < -0.3 is 9.84 Å². The van der Waals surface area contributed by atoms with Crippen molar-refractivity contribution >= 4 is 22.4 Å². The van der Waals surface area contributed by atoms with Crippen LogP contribution in [0.25, 0.3) is 22.0 Å². The summed E-state index contributed by atoms with van der Waals surface area (Å²) in [6.07, 6.45) is 3.18. The number of aromatic nitrogens is 3. The Morgan fingerprint density at radius 1 is 1.15 bits per heavy atom. The zero-order chi connectivity index (χ0) is 14.1. The van der Waals surface area contributed by atoms with Gasteiger partial charge in [-0.3, -0.25) is 4.98 Å². The summed E-state index contributed by atoms with van der Waals surface area (Å²) in [5.74, 6) is 0.445. The second-order valence-electron chi connectivity index (χ2n) is 4.14. The molecule has 0 bridgehead atoms. The fourth-order valence-electron chi connectivity index (χ4n) is 2.04. The Kier molecular flexibility index (Phi) is 3.12. The summed E-state index contributed by atoms with van der Waals surface area (Å²) in [5, 5.41) is 19.4.